The van der Waals surface area contributed by atoms with Crippen LogP contribution in [0.2, 0.25) is 0 Å². The number of rotatable bonds is 7. The summed E-state index contributed by atoms with van der Waals surface area (Å²) in [6.45, 7) is 4.34. The second-order valence-corrected chi connectivity index (χ2v) is 7.39. The van der Waals surface area contributed by atoms with Crippen LogP contribution in [0.1, 0.15) is 25.8 Å². The molecule has 28 heavy (non-hydrogen) atoms. The number of hydrogen-bond acceptors (Lipinski definition) is 6. The number of hydrogen-bond donors (Lipinski definition) is 2. The second kappa shape index (κ2) is 9.36. The molecule has 2 amide bonds. The Balaban J connectivity index is 1.56. The molecule has 0 aliphatic carbocycles. The molecule has 0 saturated heterocycles. The van der Waals surface area contributed by atoms with Crippen molar-refractivity contribution in [2.24, 2.45) is 0 Å². The highest BCUT2D eigenvalue weighted by atomic mass is 32.1. The van der Waals surface area contributed by atoms with Gasteiger partial charge in [-0.3, -0.25) is 14.9 Å². The number of ether oxygens (including phenoxy) is 2. The van der Waals surface area contributed by atoms with E-state index < -0.39 is 0 Å². The maximum Gasteiger partial charge on any atom is 0.295 e. The number of anilines is 1. The van der Waals surface area contributed by atoms with Crippen molar-refractivity contribution in [3.8, 4) is 11.3 Å². The third-order valence-corrected chi connectivity index (χ3v) is 4.92. The first-order valence-corrected chi connectivity index (χ1v) is 9.97. The lowest BCUT2D eigenvalue weighted by molar-refractivity contribution is -0.119. The number of nitrogens with zero attached hydrogens (tertiary/aromatic N) is 1. The van der Waals surface area contributed by atoms with Gasteiger partial charge in [0.05, 0.1) is 5.69 Å². The molecule has 1 aromatic heterocycles. The molecule has 2 heterocycles. The lowest BCUT2D eigenvalue weighted by atomic mass is 10.0. The fourth-order valence-electron chi connectivity index (χ4n) is 2.75. The lowest BCUT2D eigenvalue weighted by Crippen LogP contribution is -2.30. The first-order valence-electron chi connectivity index (χ1n) is 9.09. The van der Waals surface area contributed by atoms with Crippen molar-refractivity contribution in [1.29, 1.82) is 0 Å². The molecule has 0 saturated carbocycles. The van der Waals surface area contributed by atoms with Crippen molar-refractivity contribution in [3.05, 3.63) is 47.2 Å². The van der Waals surface area contributed by atoms with Crippen molar-refractivity contribution < 1.29 is 19.1 Å². The lowest BCUT2D eigenvalue weighted by Gasteiger charge is -2.14. The van der Waals surface area contributed by atoms with Gasteiger partial charge in [0, 0.05) is 23.9 Å². The summed E-state index contributed by atoms with van der Waals surface area (Å²) in [5, 5.41) is 8.01. The van der Waals surface area contributed by atoms with Crippen molar-refractivity contribution in [2.75, 3.05) is 18.5 Å². The highest BCUT2D eigenvalue weighted by Gasteiger charge is 2.17. The maximum atomic E-state index is 12.1. The van der Waals surface area contributed by atoms with Gasteiger partial charge in [0.25, 0.3) is 5.91 Å². The van der Waals surface area contributed by atoms with Crippen LogP contribution in [0.25, 0.3) is 11.3 Å². The number of aryl methyl sites for hydroxylation is 1. The van der Waals surface area contributed by atoms with Crippen LogP contribution in [0.15, 0.2) is 41.7 Å². The summed E-state index contributed by atoms with van der Waals surface area (Å²) in [5.74, 6) is -0.224. The molecule has 1 aliphatic heterocycles. The molecular weight excluding hydrogens is 378 g/mol. The van der Waals surface area contributed by atoms with E-state index in [-0.39, 0.29) is 23.6 Å². The van der Waals surface area contributed by atoms with Gasteiger partial charge in [0.2, 0.25) is 11.7 Å². The fourth-order valence-corrected chi connectivity index (χ4v) is 3.47. The molecule has 0 radical (unpaired) electrons. The number of nitrogens with one attached hydrogen (secondary N) is 2. The summed E-state index contributed by atoms with van der Waals surface area (Å²) >= 11 is 1.35. The van der Waals surface area contributed by atoms with Crippen LogP contribution in [0.3, 0.4) is 0 Å². The number of thiazole rings is 1. The molecule has 7 nitrogen and oxygen atoms in total. The molecule has 0 unspecified atom stereocenters. The third-order valence-electron chi connectivity index (χ3n) is 4.16. The Kier molecular flexibility index (Phi) is 6.65. The van der Waals surface area contributed by atoms with Gasteiger partial charge in [0.15, 0.2) is 5.13 Å². The van der Waals surface area contributed by atoms with Crippen LogP contribution >= 0.6 is 11.3 Å². The summed E-state index contributed by atoms with van der Waals surface area (Å²) in [6, 6.07) is 8.30. The van der Waals surface area contributed by atoms with Gasteiger partial charge in [0.1, 0.15) is 19.5 Å². The summed E-state index contributed by atoms with van der Waals surface area (Å²) in [7, 11) is 0. The second-order valence-electron chi connectivity index (χ2n) is 6.53. The minimum Gasteiger partial charge on any atom is -0.494 e. The Morgan fingerprint density at radius 3 is 2.71 bits per heavy atom. The van der Waals surface area contributed by atoms with E-state index in [0.29, 0.717) is 18.3 Å². The number of aromatic nitrogens is 1. The monoisotopic (exact) mass is 401 g/mol. The zero-order chi connectivity index (χ0) is 19.9. The maximum absolute atomic E-state index is 12.1. The predicted molar refractivity (Wildman–Crippen MR) is 108 cm³/mol. The van der Waals surface area contributed by atoms with Gasteiger partial charge in [-0.25, -0.2) is 4.98 Å². The minimum absolute atomic E-state index is 0.00635. The Bertz CT molecular complexity index is 861. The van der Waals surface area contributed by atoms with Gasteiger partial charge < -0.3 is 14.8 Å². The van der Waals surface area contributed by atoms with Crippen molar-refractivity contribution in [1.82, 2.24) is 10.3 Å². The molecule has 1 atom stereocenters. The summed E-state index contributed by atoms with van der Waals surface area (Å²) in [4.78, 5) is 27.6. The highest BCUT2D eigenvalue weighted by molar-refractivity contribution is 7.14. The quantitative estimate of drug-likeness (QED) is 0.744. The van der Waals surface area contributed by atoms with Gasteiger partial charge in [-0.05, 0) is 25.3 Å². The van der Waals surface area contributed by atoms with Crippen molar-refractivity contribution in [3.63, 3.8) is 0 Å². The van der Waals surface area contributed by atoms with E-state index in [1.807, 2.05) is 24.4 Å². The zero-order valence-electron chi connectivity index (χ0n) is 15.9. The molecule has 1 aliphatic rings. The van der Waals surface area contributed by atoms with E-state index in [2.05, 4.69) is 27.8 Å². The molecule has 1 aromatic carbocycles. The molecule has 0 bridgehead atoms. The van der Waals surface area contributed by atoms with E-state index in [1.165, 1.54) is 30.1 Å². The highest BCUT2D eigenvalue weighted by Crippen LogP contribution is 2.26. The van der Waals surface area contributed by atoms with Crippen molar-refractivity contribution >= 4 is 28.3 Å². The van der Waals surface area contributed by atoms with Crippen LogP contribution in [-0.4, -0.2) is 36.1 Å². The molecule has 2 N–H and O–H groups in total. The molecular formula is C20H23N3O4S. The number of amides is 2. The number of carbonyl (C=O) groups is 2. The molecule has 0 spiro atoms. The Labute approximate surface area is 167 Å². The largest absolute Gasteiger partial charge is 0.494 e. The first kappa shape index (κ1) is 19.9. The van der Waals surface area contributed by atoms with Crippen LogP contribution in [0, 0.1) is 0 Å². The summed E-state index contributed by atoms with van der Waals surface area (Å²) in [5.41, 5.74) is 2.98. The SMILES string of the molecule is CC(=O)N[C@@H](C)CCc1ccc(-c2csc(NC(=O)C3=COCCO3)n2)cc1. The van der Waals surface area contributed by atoms with E-state index in [9.17, 15) is 9.59 Å². The normalized spacial score (nSPS) is 14.3. The molecule has 0 fully saturated rings. The standard InChI is InChI=1S/C20H23N3O4S/c1-13(21-14(2)24)3-4-15-5-7-16(8-6-15)17-12-28-20(22-17)23-19(25)18-11-26-9-10-27-18/h5-8,11-13H,3-4,9-10H2,1-2H3,(H,21,24)(H,22,23,25)/t13-/m0/s1. The zero-order valence-corrected chi connectivity index (χ0v) is 16.7. The van der Waals surface area contributed by atoms with Crippen LogP contribution < -0.4 is 10.6 Å². The Morgan fingerprint density at radius 1 is 1.25 bits per heavy atom. The van der Waals surface area contributed by atoms with Crippen molar-refractivity contribution in [2.45, 2.75) is 32.7 Å². The van der Waals surface area contributed by atoms with E-state index in [1.54, 1.807) is 0 Å². The predicted octanol–water partition coefficient (Wildman–Crippen LogP) is 3.09. The average Bonchev–Trinajstić information content (AvgIpc) is 3.15. The fraction of sp³-hybridized carbons (Fsp3) is 0.350. The van der Waals surface area contributed by atoms with Crippen LogP contribution in [0.4, 0.5) is 5.13 Å². The van der Waals surface area contributed by atoms with Gasteiger partial charge in [-0.15, -0.1) is 11.3 Å². The number of carbonyl (C=O) groups excluding carboxylic acids is 2. The molecule has 2 aromatic rings. The van der Waals surface area contributed by atoms with Gasteiger partial charge in [-0.2, -0.15) is 0 Å². The smallest absolute Gasteiger partial charge is 0.295 e. The summed E-state index contributed by atoms with van der Waals surface area (Å²) in [6.07, 6.45) is 3.09. The van der Waals surface area contributed by atoms with Crippen LogP contribution in [0.5, 0.6) is 0 Å². The number of benzene rings is 1. The molecule has 3 rings (SSSR count). The average molecular weight is 401 g/mol. The van der Waals surface area contributed by atoms with E-state index in [4.69, 9.17) is 9.47 Å². The van der Waals surface area contributed by atoms with Gasteiger partial charge in [-0.1, -0.05) is 24.3 Å². The molecule has 148 valence electrons. The Morgan fingerprint density at radius 2 is 2.04 bits per heavy atom. The Hall–Kier alpha value is -2.87. The van der Waals surface area contributed by atoms with Crippen LogP contribution in [-0.2, 0) is 25.5 Å². The van der Waals surface area contributed by atoms with Gasteiger partial charge >= 0.3 is 0 Å². The minimum atomic E-state index is -0.371. The van der Waals surface area contributed by atoms with E-state index in [0.717, 1.165) is 24.1 Å². The molecule has 8 heteroatoms. The topological polar surface area (TPSA) is 89.6 Å². The first-order chi connectivity index (χ1) is 13.5. The van der Waals surface area contributed by atoms with E-state index >= 15 is 0 Å². The third kappa shape index (κ3) is 5.56. The summed E-state index contributed by atoms with van der Waals surface area (Å²) < 4.78 is 10.3.